The van der Waals surface area contributed by atoms with Gasteiger partial charge in [-0.15, -0.1) is 0 Å². The fourth-order valence-electron chi connectivity index (χ4n) is 3.56. The molecule has 2 heterocycles. The van der Waals surface area contributed by atoms with E-state index < -0.39 is 6.17 Å². The van der Waals surface area contributed by atoms with Gasteiger partial charge in [0.1, 0.15) is 6.17 Å². The molecule has 1 N–H and O–H groups in total. The summed E-state index contributed by atoms with van der Waals surface area (Å²) in [6.45, 7) is 0.960. The van der Waals surface area contributed by atoms with Crippen LogP contribution in [-0.2, 0) is 6.42 Å². The third kappa shape index (κ3) is 3.40. The minimum Gasteiger partial charge on any atom is -0.311 e. The summed E-state index contributed by atoms with van der Waals surface area (Å²) in [5.41, 5.74) is 0.912. The first kappa shape index (κ1) is 14.1. The van der Waals surface area contributed by atoms with Crippen LogP contribution in [0, 0.1) is 0 Å². The van der Waals surface area contributed by atoms with E-state index in [-0.39, 0.29) is 6.04 Å². The van der Waals surface area contributed by atoms with Crippen molar-refractivity contribution >= 4 is 0 Å². The van der Waals surface area contributed by atoms with Crippen molar-refractivity contribution in [2.75, 3.05) is 6.54 Å². The van der Waals surface area contributed by atoms with Crippen LogP contribution < -0.4 is 5.32 Å². The molecule has 0 amide bonds. The van der Waals surface area contributed by atoms with Crippen molar-refractivity contribution in [2.24, 2.45) is 0 Å². The van der Waals surface area contributed by atoms with Crippen molar-refractivity contribution < 1.29 is 4.39 Å². The van der Waals surface area contributed by atoms with Crippen molar-refractivity contribution in [3.8, 4) is 0 Å². The summed E-state index contributed by atoms with van der Waals surface area (Å²) < 4.78 is 16.4. The molecular weight excluding hydrogens is 253 g/mol. The van der Waals surface area contributed by atoms with Gasteiger partial charge in [-0.25, -0.2) is 4.39 Å². The Hall–Kier alpha value is -0.900. The van der Waals surface area contributed by atoms with Gasteiger partial charge in [-0.1, -0.05) is 25.7 Å². The average Bonchev–Trinajstić information content (AvgIpc) is 2.97. The molecule has 2 atom stereocenters. The number of nitrogens with one attached hydrogen (secondary N) is 1. The maximum Gasteiger partial charge on any atom is 0.121 e. The van der Waals surface area contributed by atoms with Gasteiger partial charge in [0.15, 0.2) is 0 Å². The number of hydrogen-bond donors (Lipinski definition) is 1. The molecule has 0 radical (unpaired) electrons. The molecule has 0 bridgehead atoms. The van der Waals surface area contributed by atoms with Crippen LogP contribution in [0.1, 0.15) is 63.1 Å². The molecule has 1 aromatic rings. The first-order valence-electron chi connectivity index (χ1n) is 8.24. The van der Waals surface area contributed by atoms with Crippen LogP contribution in [0.5, 0.6) is 0 Å². The van der Waals surface area contributed by atoms with Gasteiger partial charge >= 0.3 is 0 Å². The predicted molar refractivity (Wildman–Crippen MR) is 78.6 cm³/mol. The maximum absolute atomic E-state index is 14.3. The molecule has 20 heavy (non-hydrogen) atoms. The van der Waals surface area contributed by atoms with Gasteiger partial charge in [0, 0.05) is 18.7 Å². The Morgan fingerprint density at radius 3 is 2.75 bits per heavy atom. The monoisotopic (exact) mass is 279 g/mol. The van der Waals surface area contributed by atoms with Crippen LogP contribution in [0.25, 0.3) is 0 Å². The average molecular weight is 279 g/mol. The van der Waals surface area contributed by atoms with Crippen LogP contribution in [-0.4, -0.2) is 28.5 Å². The lowest BCUT2D eigenvalue weighted by Crippen LogP contribution is -2.42. The fourth-order valence-corrected chi connectivity index (χ4v) is 3.56. The van der Waals surface area contributed by atoms with Crippen molar-refractivity contribution in [3.05, 3.63) is 18.0 Å². The minimum atomic E-state index is -0.801. The van der Waals surface area contributed by atoms with E-state index in [2.05, 4.69) is 15.1 Å². The normalized spacial score (nSPS) is 26.6. The van der Waals surface area contributed by atoms with E-state index in [1.807, 2.05) is 12.3 Å². The number of alkyl halides is 1. The third-order valence-corrected chi connectivity index (χ3v) is 4.80. The predicted octanol–water partition coefficient (Wildman–Crippen LogP) is 3.41. The van der Waals surface area contributed by atoms with E-state index in [1.54, 1.807) is 0 Å². The lowest BCUT2D eigenvalue weighted by molar-refractivity contribution is 0.215. The van der Waals surface area contributed by atoms with Crippen molar-refractivity contribution in [3.63, 3.8) is 0 Å². The molecule has 2 aliphatic rings. The molecule has 3 nitrogen and oxygen atoms in total. The number of rotatable bonds is 4. The van der Waals surface area contributed by atoms with Gasteiger partial charge in [0.2, 0.25) is 0 Å². The fraction of sp³-hybridized carbons (Fsp3) is 0.812. The highest BCUT2D eigenvalue weighted by atomic mass is 19.1. The molecule has 0 aromatic carbocycles. The van der Waals surface area contributed by atoms with Gasteiger partial charge in [0.25, 0.3) is 0 Å². The summed E-state index contributed by atoms with van der Waals surface area (Å²) in [5, 5.41) is 7.92. The molecule has 112 valence electrons. The highest BCUT2D eigenvalue weighted by molar-refractivity contribution is 5.03. The van der Waals surface area contributed by atoms with Gasteiger partial charge < -0.3 is 5.32 Å². The SMILES string of the molecule is FC(Cc1ccn(C2CCCCC2)n1)C1CCCCN1. The van der Waals surface area contributed by atoms with E-state index in [1.165, 1.54) is 38.5 Å². The van der Waals surface area contributed by atoms with Crippen LogP contribution in [0.2, 0.25) is 0 Å². The summed E-state index contributed by atoms with van der Waals surface area (Å²) in [6.07, 6.45) is 11.4. The molecule has 2 unspecified atom stereocenters. The largest absolute Gasteiger partial charge is 0.311 e. The van der Waals surface area contributed by atoms with Crippen LogP contribution >= 0.6 is 0 Å². The van der Waals surface area contributed by atoms with Crippen LogP contribution in [0.15, 0.2) is 12.3 Å². The summed E-state index contributed by atoms with van der Waals surface area (Å²) in [7, 11) is 0. The molecule has 1 saturated heterocycles. The highest BCUT2D eigenvalue weighted by Crippen LogP contribution is 2.27. The molecule has 1 saturated carbocycles. The quantitative estimate of drug-likeness (QED) is 0.915. The summed E-state index contributed by atoms with van der Waals surface area (Å²) >= 11 is 0. The Labute approximate surface area is 120 Å². The molecule has 3 rings (SSSR count). The Balaban J connectivity index is 1.56. The Morgan fingerprint density at radius 2 is 2.00 bits per heavy atom. The smallest absolute Gasteiger partial charge is 0.121 e. The molecule has 0 spiro atoms. The van der Waals surface area contributed by atoms with Gasteiger partial charge in [-0.3, -0.25) is 4.68 Å². The first-order chi connectivity index (χ1) is 9.83. The Kier molecular flexibility index (Phi) is 4.71. The number of hydrogen-bond acceptors (Lipinski definition) is 2. The van der Waals surface area contributed by atoms with Gasteiger partial charge in [-0.2, -0.15) is 5.10 Å². The van der Waals surface area contributed by atoms with Crippen molar-refractivity contribution in [1.82, 2.24) is 15.1 Å². The van der Waals surface area contributed by atoms with E-state index >= 15 is 0 Å². The summed E-state index contributed by atoms with van der Waals surface area (Å²) in [5.74, 6) is 0. The number of nitrogens with zero attached hydrogens (tertiary/aromatic N) is 2. The maximum atomic E-state index is 14.3. The molecule has 1 aliphatic carbocycles. The first-order valence-corrected chi connectivity index (χ1v) is 8.24. The lowest BCUT2D eigenvalue weighted by atomic mass is 9.96. The summed E-state index contributed by atoms with van der Waals surface area (Å²) in [4.78, 5) is 0. The minimum absolute atomic E-state index is 0.0311. The zero-order valence-electron chi connectivity index (χ0n) is 12.2. The molecular formula is C16H26FN3. The molecule has 1 aromatic heterocycles. The Morgan fingerprint density at radius 1 is 1.20 bits per heavy atom. The lowest BCUT2D eigenvalue weighted by Gasteiger charge is -2.26. The van der Waals surface area contributed by atoms with E-state index in [4.69, 9.17) is 0 Å². The van der Waals surface area contributed by atoms with Gasteiger partial charge in [-0.05, 0) is 38.3 Å². The second-order valence-corrected chi connectivity index (χ2v) is 6.36. The van der Waals surface area contributed by atoms with Gasteiger partial charge in [0.05, 0.1) is 11.7 Å². The second kappa shape index (κ2) is 6.70. The standard InChI is InChI=1S/C16H26FN3/c17-15(16-8-4-5-10-18-16)12-13-9-11-20(19-13)14-6-2-1-3-7-14/h9,11,14-16,18H,1-8,10,12H2. The zero-order valence-corrected chi connectivity index (χ0v) is 12.2. The van der Waals surface area contributed by atoms with Crippen molar-refractivity contribution in [1.29, 1.82) is 0 Å². The number of piperidine rings is 1. The van der Waals surface area contributed by atoms with Crippen LogP contribution in [0.4, 0.5) is 4.39 Å². The number of halogens is 1. The topological polar surface area (TPSA) is 29.9 Å². The van der Waals surface area contributed by atoms with E-state index in [0.29, 0.717) is 12.5 Å². The molecule has 4 heteroatoms. The van der Waals surface area contributed by atoms with Crippen molar-refractivity contribution in [2.45, 2.75) is 76.0 Å². The van der Waals surface area contributed by atoms with E-state index in [9.17, 15) is 4.39 Å². The second-order valence-electron chi connectivity index (χ2n) is 6.36. The Bertz CT molecular complexity index is 406. The number of aromatic nitrogens is 2. The van der Waals surface area contributed by atoms with E-state index in [0.717, 1.165) is 25.1 Å². The zero-order chi connectivity index (χ0) is 13.8. The third-order valence-electron chi connectivity index (χ3n) is 4.80. The highest BCUT2D eigenvalue weighted by Gasteiger charge is 2.24. The molecule has 2 fully saturated rings. The van der Waals surface area contributed by atoms with Crippen LogP contribution in [0.3, 0.4) is 0 Å². The summed E-state index contributed by atoms with van der Waals surface area (Å²) in [6, 6.07) is 2.58. The molecule has 1 aliphatic heterocycles.